The molecule has 1 N–H and O–H groups in total. The Morgan fingerprint density at radius 1 is 0.889 bits per heavy atom. The summed E-state index contributed by atoms with van der Waals surface area (Å²) >= 11 is 0. The lowest BCUT2D eigenvalue weighted by Gasteiger charge is -2.05. The molecule has 0 unspecified atom stereocenters. The maximum absolute atomic E-state index is 9.07. The van der Waals surface area contributed by atoms with E-state index in [1.54, 1.807) is 24.3 Å². The molecule has 1 aromatic rings. The second-order valence-electron chi connectivity index (χ2n) is 4.46. The van der Waals surface area contributed by atoms with Crippen molar-refractivity contribution in [3.8, 4) is 11.5 Å². The molecule has 0 amide bonds. The monoisotopic (exact) mass is 252 g/mol. The minimum Gasteiger partial charge on any atom is -0.508 e. The zero-order chi connectivity index (χ0) is 13.6. The highest BCUT2D eigenvalue weighted by molar-refractivity contribution is 5.29. The Morgan fingerprint density at radius 2 is 1.44 bits per heavy atom. The van der Waals surface area contributed by atoms with Crippen LogP contribution in [0, 0.1) is 0 Å². The summed E-state index contributed by atoms with van der Waals surface area (Å²) in [5.74, 6) is 1.12. The van der Waals surface area contributed by atoms with Crippen LogP contribution in [0.15, 0.2) is 24.3 Å². The van der Waals surface area contributed by atoms with Gasteiger partial charge in [-0.15, -0.1) is 0 Å². The summed E-state index contributed by atoms with van der Waals surface area (Å²) < 4.78 is 5.53. The standard InChI is InChI=1S/C13H20O2.C3H8/c1-2-3-4-5-6-11-15-13-9-7-12(14)8-10-13;1-3-2/h7-10,14H,2-6,11H2,1H3;3H2,1-2H3. The quantitative estimate of drug-likeness (QED) is 0.679. The van der Waals surface area contributed by atoms with Crippen molar-refractivity contribution in [2.24, 2.45) is 0 Å². The van der Waals surface area contributed by atoms with Gasteiger partial charge in [-0.2, -0.15) is 0 Å². The molecule has 1 aromatic carbocycles. The van der Waals surface area contributed by atoms with Gasteiger partial charge in [0.25, 0.3) is 0 Å². The molecule has 18 heavy (non-hydrogen) atoms. The third-order valence-electron chi connectivity index (χ3n) is 2.35. The van der Waals surface area contributed by atoms with Crippen LogP contribution in [0.1, 0.15) is 59.3 Å². The maximum atomic E-state index is 9.07. The van der Waals surface area contributed by atoms with E-state index in [0.29, 0.717) is 0 Å². The lowest BCUT2D eigenvalue weighted by Crippen LogP contribution is -1.96. The molecule has 0 bridgehead atoms. The molecule has 0 saturated carbocycles. The Kier molecular flexibility index (Phi) is 11.5. The van der Waals surface area contributed by atoms with Gasteiger partial charge in [0.1, 0.15) is 11.5 Å². The summed E-state index contributed by atoms with van der Waals surface area (Å²) in [4.78, 5) is 0. The fourth-order valence-corrected chi connectivity index (χ4v) is 1.44. The predicted molar refractivity (Wildman–Crippen MR) is 78.3 cm³/mol. The number of hydrogen-bond donors (Lipinski definition) is 1. The second-order valence-corrected chi connectivity index (χ2v) is 4.46. The van der Waals surface area contributed by atoms with Crippen molar-refractivity contribution in [2.75, 3.05) is 6.61 Å². The van der Waals surface area contributed by atoms with Gasteiger partial charge in [-0.1, -0.05) is 52.9 Å². The Hall–Kier alpha value is -1.18. The molecule has 0 aliphatic rings. The predicted octanol–water partition coefficient (Wildman–Crippen LogP) is 5.16. The molecule has 2 nitrogen and oxygen atoms in total. The molecule has 0 spiro atoms. The molecule has 104 valence electrons. The first kappa shape index (κ1) is 16.8. The minimum atomic E-state index is 0.283. The Labute approximate surface area is 112 Å². The Bertz CT molecular complexity index is 267. The number of aromatic hydroxyl groups is 1. The summed E-state index contributed by atoms with van der Waals surface area (Å²) in [6, 6.07) is 6.88. The average molecular weight is 252 g/mol. The lowest BCUT2D eigenvalue weighted by atomic mass is 10.2. The first-order valence-corrected chi connectivity index (χ1v) is 7.16. The molecule has 2 heteroatoms. The Morgan fingerprint density at radius 3 is 2.00 bits per heavy atom. The molecule has 0 radical (unpaired) electrons. The molecule has 1 rings (SSSR count). The van der Waals surface area contributed by atoms with Crippen molar-refractivity contribution < 1.29 is 9.84 Å². The zero-order valence-corrected chi connectivity index (χ0v) is 12.1. The topological polar surface area (TPSA) is 29.5 Å². The normalized spacial score (nSPS) is 9.50. The van der Waals surface area contributed by atoms with Gasteiger partial charge in [-0.05, 0) is 30.7 Å². The summed E-state index contributed by atoms with van der Waals surface area (Å²) in [5.41, 5.74) is 0. The second kappa shape index (κ2) is 12.3. The van der Waals surface area contributed by atoms with Gasteiger partial charge in [0.05, 0.1) is 6.61 Å². The van der Waals surface area contributed by atoms with E-state index in [1.807, 2.05) is 0 Å². The van der Waals surface area contributed by atoms with Crippen molar-refractivity contribution in [1.29, 1.82) is 0 Å². The minimum absolute atomic E-state index is 0.283. The van der Waals surface area contributed by atoms with E-state index in [0.717, 1.165) is 18.8 Å². The smallest absolute Gasteiger partial charge is 0.119 e. The molecule has 0 heterocycles. The summed E-state index contributed by atoms with van der Waals surface area (Å²) in [6.45, 7) is 7.24. The third-order valence-corrected chi connectivity index (χ3v) is 2.35. The Balaban J connectivity index is 0.000000873. The number of ether oxygens (including phenoxy) is 1. The third kappa shape index (κ3) is 10.0. The van der Waals surface area contributed by atoms with Crippen LogP contribution >= 0.6 is 0 Å². The fourth-order valence-electron chi connectivity index (χ4n) is 1.44. The maximum Gasteiger partial charge on any atom is 0.119 e. The van der Waals surface area contributed by atoms with Crippen LogP contribution in [0.3, 0.4) is 0 Å². The summed E-state index contributed by atoms with van der Waals surface area (Å²) in [7, 11) is 0. The van der Waals surface area contributed by atoms with Gasteiger partial charge in [0.15, 0.2) is 0 Å². The van der Waals surface area contributed by atoms with Gasteiger partial charge in [-0.3, -0.25) is 0 Å². The molecule has 0 aromatic heterocycles. The van der Waals surface area contributed by atoms with Gasteiger partial charge < -0.3 is 9.84 Å². The lowest BCUT2D eigenvalue weighted by molar-refractivity contribution is 0.304. The number of rotatable bonds is 7. The van der Waals surface area contributed by atoms with Crippen LogP contribution in [0.5, 0.6) is 11.5 Å². The average Bonchev–Trinajstić information content (AvgIpc) is 2.37. The van der Waals surface area contributed by atoms with Crippen molar-refractivity contribution in [1.82, 2.24) is 0 Å². The van der Waals surface area contributed by atoms with Gasteiger partial charge in [0, 0.05) is 0 Å². The number of benzene rings is 1. The van der Waals surface area contributed by atoms with E-state index in [9.17, 15) is 0 Å². The van der Waals surface area contributed by atoms with Crippen molar-refractivity contribution in [3.63, 3.8) is 0 Å². The van der Waals surface area contributed by atoms with Gasteiger partial charge in [0.2, 0.25) is 0 Å². The molecule has 0 aliphatic heterocycles. The highest BCUT2D eigenvalue weighted by Gasteiger charge is 1.94. The fraction of sp³-hybridized carbons (Fsp3) is 0.625. The number of phenols is 1. The molecule has 0 atom stereocenters. The van der Waals surface area contributed by atoms with E-state index in [2.05, 4.69) is 20.8 Å². The van der Waals surface area contributed by atoms with Crippen LogP contribution in [-0.4, -0.2) is 11.7 Å². The van der Waals surface area contributed by atoms with E-state index in [-0.39, 0.29) is 5.75 Å². The van der Waals surface area contributed by atoms with E-state index >= 15 is 0 Å². The molecular weight excluding hydrogens is 224 g/mol. The highest BCUT2D eigenvalue weighted by atomic mass is 16.5. The van der Waals surface area contributed by atoms with E-state index in [1.165, 1.54) is 32.1 Å². The van der Waals surface area contributed by atoms with Crippen molar-refractivity contribution >= 4 is 0 Å². The van der Waals surface area contributed by atoms with Crippen LogP contribution in [0.2, 0.25) is 0 Å². The summed E-state index contributed by atoms with van der Waals surface area (Å²) in [5, 5.41) is 9.07. The van der Waals surface area contributed by atoms with E-state index in [4.69, 9.17) is 9.84 Å². The van der Waals surface area contributed by atoms with Crippen LogP contribution in [0.4, 0.5) is 0 Å². The molecule has 0 saturated heterocycles. The number of hydrogen-bond acceptors (Lipinski definition) is 2. The summed E-state index contributed by atoms with van der Waals surface area (Å²) in [6.07, 6.45) is 7.50. The van der Waals surface area contributed by atoms with E-state index < -0.39 is 0 Å². The van der Waals surface area contributed by atoms with Crippen molar-refractivity contribution in [3.05, 3.63) is 24.3 Å². The number of unbranched alkanes of at least 4 members (excludes halogenated alkanes) is 4. The number of phenolic OH excluding ortho intramolecular Hbond substituents is 1. The van der Waals surface area contributed by atoms with Crippen LogP contribution in [-0.2, 0) is 0 Å². The van der Waals surface area contributed by atoms with Crippen LogP contribution < -0.4 is 4.74 Å². The molecule has 0 aliphatic carbocycles. The van der Waals surface area contributed by atoms with Gasteiger partial charge in [-0.25, -0.2) is 0 Å². The van der Waals surface area contributed by atoms with Crippen LogP contribution in [0.25, 0.3) is 0 Å². The molecular formula is C16H28O2. The zero-order valence-electron chi connectivity index (χ0n) is 12.1. The highest BCUT2D eigenvalue weighted by Crippen LogP contribution is 2.16. The SMILES string of the molecule is CCC.CCCCCCCOc1ccc(O)cc1. The van der Waals surface area contributed by atoms with Gasteiger partial charge >= 0.3 is 0 Å². The van der Waals surface area contributed by atoms with Crippen molar-refractivity contribution in [2.45, 2.75) is 59.3 Å². The largest absolute Gasteiger partial charge is 0.508 e. The molecule has 0 fully saturated rings. The first-order chi connectivity index (χ1) is 8.74. The first-order valence-electron chi connectivity index (χ1n) is 7.16.